The summed E-state index contributed by atoms with van der Waals surface area (Å²) in [5.74, 6) is -1.88. The number of thiophene rings is 1. The highest BCUT2D eigenvalue weighted by molar-refractivity contribution is 7.12. The topological polar surface area (TPSA) is 86.7 Å². The minimum Gasteiger partial charge on any atom is -0.480 e. The normalized spacial score (nSPS) is 11.7. The second-order valence-corrected chi connectivity index (χ2v) is 4.71. The molecule has 18 heavy (non-hydrogen) atoms. The maximum atomic E-state index is 11.8. The quantitative estimate of drug-likeness (QED) is 0.811. The Morgan fingerprint density at radius 3 is 2.67 bits per heavy atom. The average molecular weight is 270 g/mol. The molecule has 6 nitrogen and oxygen atoms in total. The molecule has 1 rings (SSSR count). The van der Waals surface area contributed by atoms with Gasteiger partial charge in [-0.15, -0.1) is 11.3 Å². The lowest BCUT2D eigenvalue weighted by Crippen LogP contribution is -2.44. The zero-order valence-corrected chi connectivity index (χ0v) is 10.9. The summed E-state index contributed by atoms with van der Waals surface area (Å²) in [6, 6.07) is 2.45. The maximum absolute atomic E-state index is 11.8. The fourth-order valence-electron chi connectivity index (χ4n) is 1.22. The number of amides is 2. The van der Waals surface area contributed by atoms with Crippen LogP contribution in [0.1, 0.15) is 16.6 Å². The highest BCUT2D eigenvalue weighted by Crippen LogP contribution is 2.10. The molecule has 0 aliphatic heterocycles. The average Bonchev–Trinajstić information content (AvgIpc) is 2.80. The van der Waals surface area contributed by atoms with Crippen LogP contribution in [-0.4, -0.2) is 47.4 Å². The first kappa shape index (κ1) is 14.2. The Hall–Kier alpha value is -1.89. The van der Waals surface area contributed by atoms with E-state index in [9.17, 15) is 14.4 Å². The molecule has 0 radical (unpaired) electrons. The first-order valence-electron chi connectivity index (χ1n) is 5.23. The Kier molecular flexibility index (Phi) is 4.85. The van der Waals surface area contributed by atoms with Crippen molar-refractivity contribution < 1.29 is 19.5 Å². The third-order valence-corrected chi connectivity index (χ3v) is 3.07. The van der Waals surface area contributed by atoms with E-state index in [4.69, 9.17) is 5.11 Å². The van der Waals surface area contributed by atoms with Crippen LogP contribution in [0.15, 0.2) is 17.5 Å². The van der Waals surface area contributed by atoms with E-state index in [1.807, 2.05) is 0 Å². The number of likely N-dealkylation sites (N-methyl/N-ethyl adjacent to an activating group) is 1. The van der Waals surface area contributed by atoms with Crippen molar-refractivity contribution in [3.05, 3.63) is 22.4 Å². The molecule has 0 saturated heterocycles. The predicted octanol–water partition coefficient (Wildman–Crippen LogP) is 0.409. The van der Waals surface area contributed by atoms with E-state index >= 15 is 0 Å². The largest absolute Gasteiger partial charge is 0.480 e. The number of carboxylic acids is 1. The van der Waals surface area contributed by atoms with Gasteiger partial charge in [-0.3, -0.25) is 14.4 Å². The third-order valence-electron chi connectivity index (χ3n) is 2.21. The van der Waals surface area contributed by atoms with Crippen molar-refractivity contribution in [1.82, 2.24) is 10.2 Å². The molecule has 1 heterocycles. The van der Waals surface area contributed by atoms with E-state index in [-0.39, 0.29) is 12.5 Å². The predicted molar refractivity (Wildman–Crippen MR) is 66.5 cm³/mol. The van der Waals surface area contributed by atoms with E-state index in [0.717, 1.165) is 0 Å². The number of nitrogens with zero attached hydrogens (tertiary/aromatic N) is 1. The molecule has 2 N–H and O–H groups in total. The molecule has 7 heteroatoms. The molecule has 0 spiro atoms. The lowest BCUT2D eigenvalue weighted by molar-refractivity contribution is -0.141. The Balaban J connectivity index is 2.50. The highest BCUT2D eigenvalue weighted by atomic mass is 32.1. The molecule has 0 bridgehead atoms. The molecule has 0 aliphatic rings. The number of hydrogen-bond donors (Lipinski definition) is 2. The van der Waals surface area contributed by atoms with E-state index in [1.165, 1.54) is 30.2 Å². The summed E-state index contributed by atoms with van der Waals surface area (Å²) in [5, 5.41) is 12.7. The fraction of sp³-hybridized carbons (Fsp3) is 0.364. The molecule has 0 aromatic carbocycles. The van der Waals surface area contributed by atoms with Crippen LogP contribution < -0.4 is 5.32 Å². The van der Waals surface area contributed by atoms with Crippen molar-refractivity contribution in [2.24, 2.45) is 0 Å². The van der Waals surface area contributed by atoms with Crippen LogP contribution in [0, 0.1) is 0 Å². The molecule has 98 valence electrons. The van der Waals surface area contributed by atoms with Gasteiger partial charge in [0.2, 0.25) is 5.91 Å². The molecular weight excluding hydrogens is 256 g/mol. The lowest BCUT2D eigenvalue weighted by atomic mass is 10.3. The number of carboxylic acid groups (broad SMARTS) is 1. The fourth-order valence-corrected chi connectivity index (χ4v) is 1.94. The van der Waals surface area contributed by atoms with Gasteiger partial charge < -0.3 is 15.3 Å². The molecule has 1 atom stereocenters. The van der Waals surface area contributed by atoms with Crippen LogP contribution in [0.4, 0.5) is 0 Å². The summed E-state index contributed by atoms with van der Waals surface area (Å²) >= 11 is 1.29. The molecule has 0 saturated carbocycles. The summed E-state index contributed by atoms with van der Waals surface area (Å²) in [6.07, 6.45) is 0. The van der Waals surface area contributed by atoms with Crippen molar-refractivity contribution in [3.63, 3.8) is 0 Å². The van der Waals surface area contributed by atoms with Crippen molar-refractivity contribution in [1.29, 1.82) is 0 Å². The minimum absolute atomic E-state index is 0.172. The van der Waals surface area contributed by atoms with Crippen LogP contribution in [-0.2, 0) is 9.59 Å². The van der Waals surface area contributed by atoms with E-state index in [2.05, 4.69) is 5.32 Å². The number of aliphatic carboxylic acids is 1. The highest BCUT2D eigenvalue weighted by Gasteiger charge is 2.18. The molecule has 0 fully saturated rings. The van der Waals surface area contributed by atoms with Crippen LogP contribution in [0.5, 0.6) is 0 Å². The van der Waals surface area contributed by atoms with Crippen LogP contribution in [0.2, 0.25) is 0 Å². The lowest BCUT2D eigenvalue weighted by Gasteiger charge is -2.17. The summed E-state index contributed by atoms with van der Waals surface area (Å²) < 4.78 is 0. The minimum atomic E-state index is -1.12. The number of nitrogens with one attached hydrogen (secondary N) is 1. The van der Waals surface area contributed by atoms with Gasteiger partial charge in [0.1, 0.15) is 6.04 Å². The van der Waals surface area contributed by atoms with Gasteiger partial charge in [0.15, 0.2) is 0 Å². The summed E-state index contributed by atoms with van der Waals surface area (Å²) in [6.45, 7) is 1.19. The SMILES string of the molecule is C[C@@H](NC(=O)CN(C)C(=O)c1cccs1)C(=O)O. The molecule has 0 aliphatic carbocycles. The Morgan fingerprint density at radius 2 is 2.17 bits per heavy atom. The second-order valence-electron chi connectivity index (χ2n) is 3.77. The van der Waals surface area contributed by atoms with Gasteiger partial charge >= 0.3 is 5.97 Å². The monoisotopic (exact) mass is 270 g/mol. The van der Waals surface area contributed by atoms with Crippen molar-refractivity contribution >= 4 is 29.1 Å². The van der Waals surface area contributed by atoms with Gasteiger partial charge in [0, 0.05) is 7.05 Å². The number of carbonyl (C=O) groups excluding carboxylic acids is 2. The molecule has 2 amide bonds. The second kappa shape index (κ2) is 6.15. The third kappa shape index (κ3) is 3.85. The summed E-state index contributed by atoms with van der Waals surface area (Å²) in [5.41, 5.74) is 0. The van der Waals surface area contributed by atoms with Crippen LogP contribution >= 0.6 is 11.3 Å². The molecule has 1 aromatic rings. The Bertz CT molecular complexity index is 444. The number of carbonyl (C=O) groups is 3. The smallest absolute Gasteiger partial charge is 0.325 e. The van der Waals surface area contributed by atoms with Crippen molar-refractivity contribution in [2.45, 2.75) is 13.0 Å². The van der Waals surface area contributed by atoms with Crippen LogP contribution in [0.3, 0.4) is 0 Å². The van der Waals surface area contributed by atoms with Gasteiger partial charge in [0.05, 0.1) is 11.4 Å². The first-order chi connectivity index (χ1) is 8.41. The molecule has 1 aromatic heterocycles. The Morgan fingerprint density at radius 1 is 1.50 bits per heavy atom. The first-order valence-corrected chi connectivity index (χ1v) is 6.11. The zero-order chi connectivity index (χ0) is 13.7. The molecule has 0 unspecified atom stereocenters. The number of rotatable bonds is 5. The maximum Gasteiger partial charge on any atom is 0.325 e. The zero-order valence-electron chi connectivity index (χ0n) is 10.0. The van der Waals surface area contributed by atoms with Crippen molar-refractivity contribution in [2.75, 3.05) is 13.6 Å². The van der Waals surface area contributed by atoms with Gasteiger partial charge in [-0.2, -0.15) is 0 Å². The summed E-state index contributed by atoms with van der Waals surface area (Å²) in [4.78, 5) is 35.6. The van der Waals surface area contributed by atoms with Crippen LogP contribution in [0.25, 0.3) is 0 Å². The van der Waals surface area contributed by atoms with Gasteiger partial charge in [-0.1, -0.05) is 6.07 Å². The van der Waals surface area contributed by atoms with E-state index < -0.39 is 17.9 Å². The standard InChI is InChI=1S/C11H14N2O4S/c1-7(11(16)17)12-9(14)6-13(2)10(15)8-4-3-5-18-8/h3-5,7H,6H2,1-2H3,(H,12,14)(H,16,17)/t7-/m1/s1. The van der Waals surface area contributed by atoms with E-state index in [1.54, 1.807) is 17.5 Å². The number of hydrogen-bond acceptors (Lipinski definition) is 4. The van der Waals surface area contributed by atoms with E-state index in [0.29, 0.717) is 4.88 Å². The Labute approximate surface area is 108 Å². The molecular formula is C11H14N2O4S. The van der Waals surface area contributed by atoms with Gasteiger partial charge in [-0.05, 0) is 18.4 Å². The van der Waals surface area contributed by atoms with Crippen molar-refractivity contribution in [3.8, 4) is 0 Å². The van der Waals surface area contributed by atoms with Gasteiger partial charge in [-0.25, -0.2) is 0 Å². The van der Waals surface area contributed by atoms with Gasteiger partial charge in [0.25, 0.3) is 5.91 Å². The summed E-state index contributed by atoms with van der Waals surface area (Å²) in [7, 11) is 1.49.